The van der Waals surface area contributed by atoms with Crippen molar-refractivity contribution < 1.29 is 37.3 Å². The highest BCUT2D eigenvalue weighted by atomic mass is 32.2. The molecule has 0 aliphatic heterocycles. The number of nitrogens with zero attached hydrogens (tertiary/aromatic N) is 1. The highest BCUT2D eigenvalue weighted by Crippen LogP contribution is 2.41. The van der Waals surface area contributed by atoms with Crippen LogP contribution in [0.2, 0.25) is 0 Å². The Labute approximate surface area is 279 Å². The molecule has 2 amide bonds. The zero-order valence-electron chi connectivity index (χ0n) is 28.1. The number of rotatable bonds is 16. The van der Waals surface area contributed by atoms with Crippen molar-refractivity contribution in [2.75, 3.05) is 27.3 Å². The number of hydrogen-bond donors (Lipinski definition) is 3. The fourth-order valence-corrected chi connectivity index (χ4v) is 8.16. The molecular formula is C35H51N3O8S. The number of carbonyl (C=O) groups excluding carboxylic acids is 2. The van der Waals surface area contributed by atoms with Crippen molar-refractivity contribution in [2.24, 2.45) is 23.7 Å². The third-order valence-electron chi connectivity index (χ3n) is 9.19. The lowest BCUT2D eigenvalue weighted by Crippen LogP contribution is -2.51. The van der Waals surface area contributed by atoms with Gasteiger partial charge in [0, 0.05) is 19.1 Å². The van der Waals surface area contributed by atoms with E-state index < -0.39 is 34.4 Å². The van der Waals surface area contributed by atoms with Gasteiger partial charge in [-0.05, 0) is 79.2 Å². The van der Waals surface area contributed by atoms with Gasteiger partial charge in [0.05, 0.1) is 31.3 Å². The van der Waals surface area contributed by atoms with Crippen LogP contribution in [0.4, 0.5) is 9.59 Å². The van der Waals surface area contributed by atoms with Crippen LogP contribution >= 0.6 is 0 Å². The van der Waals surface area contributed by atoms with E-state index in [4.69, 9.17) is 14.2 Å². The maximum absolute atomic E-state index is 13.7. The maximum Gasteiger partial charge on any atom is 0.407 e. The smallest absolute Gasteiger partial charge is 0.407 e. The largest absolute Gasteiger partial charge is 0.497 e. The third-order valence-corrected chi connectivity index (χ3v) is 11.0. The molecule has 3 N–H and O–H groups in total. The summed E-state index contributed by atoms with van der Waals surface area (Å²) in [5.74, 6) is 1.45. The molecule has 0 bridgehead atoms. The second-order valence-electron chi connectivity index (χ2n) is 13.5. The van der Waals surface area contributed by atoms with E-state index in [1.807, 2.05) is 44.2 Å². The summed E-state index contributed by atoms with van der Waals surface area (Å²) in [6.07, 6.45) is 1.98. The Balaban J connectivity index is 1.47. The van der Waals surface area contributed by atoms with E-state index in [9.17, 15) is 23.1 Å². The summed E-state index contributed by atoms with van der Waals surface area (Å²) in [6, 6.07) is 14.7. The number of amides is 2. The molecule has 2 saturated carbocycles. The van der Waals surface area contributed by atoms with E-state index in [0.29, 0.717) is 24.5 Å². The second-order valence-corrected chi connectivity index (χ2v) is 15.4. The Morgan fingerprint density at radius 3 is 2.23 bits per heavy atom. The van der Waals surface area contributed by atoms with Gasteiger partial charge in [0.15, 0.2) is 0 Å². The number of sulfonamides is 1. The molecule has 0 aromatic heterocycles. The summed E-state index contributed by atoms with van der Waals surface area (Å²) >= 11 is 0. The van der Waals surface area contributed by atoms with Gasteiger partial charge in [-0.15, -0.1) is 0 Å². The predicted octanol–water partition coefficient (Wildman–Crippen LogP) is 4.98. The molecular weight excluding hydrogens is 622 g/mol. The molecule has 0 unspecified atom stereocenters. The monoisotopic (exact) mass is 673 g/mol. The van der Waals surface area contributed by atoms with Gasteiger partial charge in [-0.2, -0.15) is 4.31 Å². The van der Waals surface area contributed by atoms with Gasteiger partial charge in [0.25, 0.3) is 0 Å². The minimum Gasteiger partial charge on any atom is -0.497 e. The number of ether oxygens (including phenoxy) is 3. The summed E-state index contributed by atoms with van der Waals surface area (Å²) in [7, 11) is -1.10. The van der Waals surface area contributed by atoms with Crippen LogP contribution in [-0.2, 0) is 25.9 Å². The lowest BCUT2D eigenvalue weighted by Gasteiger charge is -2.31. The first kappa shape index (κ1) is 36.5. The predicted molar refractivity (Wildman–Crippen MR) is 178 cm³/mol. The minimum absolute atomic E-state index is 0.0181. The summed E-state index contributed by atoms with van der Waals surface area (Å²) in [4.78, 5) is 25.5. The zero-order valence-corrected chi connectivity index (χ0v) is 28.9. The first-order chi connectivity index (χ1) is 22.4. The molecule has 2 aromatic rings. The van der Waals surface area contributed by atoms with Crippen molar-refractivity contribution in [3.8, 4) is 5.75 Å². The second kappa shape index (κ2) is 16.7. The Morgan fingerprint density at radius 2 is 1.64 bits per heavy atom. The quantitative estimate of drug-likeness (QED) is 0.227. The van der Waals surface area contributed by atoms with Crippen LogP contribution in [0.25, 0.3) is 0 Å². The first-order valence-electron chi connectivity index (χ1n) is 16.6. The van der Waals surface area contributed by atoms with Gasteiger partial charge in [0.2, 0.25) is 10.0 Å². The minimum atomic E-state index is -3.97. The van der Waals surface area contributed by atoms with E-state index >= 15 is 0 Å². The van der Waals surface area contributed by atoms with Gasteiger partial charge in [0.1, 0.15) is 11.9 Å². The molecule has 2 aromatic carbocycles. The van der Waals surface area contributed by atoms with Crippen molar-refractivity contribution in [1.82, 2.24) is 14.9 Å². The van der Waals surface area contributed by atoms with Crippen LogP contribution in [0.3, 0.4) is 0 Å². The van der Waals surface area contributed by atoms with Crippen LogP contribution in [-0.4, -0.2) is 81.6 Å². The number of aliphatic hydroxyl groups is 1. The van der Waals surface area contributed by atoms with Crippen molar-refractivity contribution in [3.63, 3.8) is 0 Å². The Hall–Kier alpha value is -3.35. The molecule has 2 aliphatic rings. The molecule has 0 spiro atoms. The number of aliphatic hydroxyl groups excluding tert-OH is 1. The summed E-state index contributed by atoms with van der Waals surface area (Å²) < 4.78 is 44.7. The van der Waals surface area contributed by atoms with Crippen molar-refractivity contribution in [3.05, 3.63) is 60.2 Å². The van der Waals surface area contributed by atoms with E-state index in [0.717, 1.165) is 24.8 Å². The van der Waals surface area contributed by atoms with Gasteiger partial charge in [-0.25, -0.2) is 18.0 Å². The molecule has 2 aliphatic carbocycles. The number of hydrogen-bond acceptors (Lipinski definition) is 8. The molecule has 47 heavy (non-hydrogen) atoms. The SMILES string of the molecule is COC(=O)N[C@H](CC1CC1)[C@H]1C[C@@H](OC(=O)N[C@@H](Cc2ccccc2)[C@H](O)CN(CC(C)C)S(=O)(=O)c2ccc(OC)cc2)C[C@H]1C. The van der Waals surface area contributed by atoms with Crippen molar-refractivity contribution in [1.29, 1.82) is 0 Å². The van der Waals surface area contributed by atoms with Gasteiger partial charge >= 0.3 is 12.2 Å². The molecule has 4 rings (SSSR count). The average molecular weight is 674 g/mol. The molecule has 260 valence electrons. The summed E-state index contributed by atoms with van der Waals surface area (Å²) in [6.45, 7) is 5.88. The topological polar surface area (TPSA) is 143 Å². The normalized spacial score (nSPS) is 21.6. The first-order valence-corrected chi connectivity index (χ1v) is 18.0. The number of alkyl carbamates (subject to hydrolysis) is 2. The van der Waals surface area contributed by atoms with Crippen molar-refractivity contribution in [2.45, 2.75) is 88.5 Å². The molecule has 12 heteroatoms. The van der Waals surface area contributed by atoms with Gasteiger partial charge in [-0.1, -0.05) is 63.9 Å². The maximum atomic E-state index is 13.7. The number of carbonyl (C=O) groups is 2. The van der Waals surface area contributed by atoms with E-state index in [-0.39, 0.29) is 54.3 Å². The van der Waals surface area contributed by atoms with Crippen LogP contribution in [0.5, 0.6) is 5.75 Å². The fourth-order valence-electron chi connectivity index (χ4n) is 6.54. The van der Waals surface area contributed by atoms with Crippen LogP contribution < -0.4 is 15.4 Å². The average Bonchev–Trinajstić information content (AvgIpc) is 3.79. The Bertz CT molecular complexity index is 1400. The Morgan fingerprint density at radius 1 is 0.957 bits per heavy atom. The molecule has 0 saturated heterocycles. The third kappa shape index (κ3) is 10.6. The van der Waals surface area contributed by atoms with E-state index in [1.165, 1.54) is 30.7 Å². The fraction of sp³-hybridized carbons (Fsp3) is 0.600. The molecule has 0 heterocycles. The van der Waals surface area contributed by atoms with Gasteiger partial charge < -0.3 is 30.0 Å². The van der Waals surface area contributed by atoms with Gasteiger partial charge in [-0.3, -0.25) is 0 Å². The number of methoxy groups -OCH3 is 2. The lowest BCUT2D eigenvalue weighted by atomic mass is 9.87. The summed E-state index contributed by atoms with van der Waals surface area (Å²) in [5.41, 5.74) is 0.872. The Kier molecular flexibility index (Phi) is 12.9. The highest BCUT2D eigenvalue weighted by Gasteiger charge is 2.41. The summed E-state index contributed by atoms with van der Waals surface area (Å²) in [5, 5.41) is 17.4. The van der Waals surface area contributed by atoms with Crippen LogP contribution in [0, 0.1) is 23.7 Å². The van der Waals surface area contributed by atoms with Crippen molar-refractivity contribution >= 4 is 22.2 Å². The van der Waals surface area contributed by atoms with Crippen LogP contribution in [0.15, 0.2) is 59.5 Å². The van der Waals surface area contributed by atoms with E-state index in [2.05, 4.69) is 17.6 Å². The van der Waals surface area contributed by atoms with Crippen LogP contribution in [0.1, 0.15) is 58.4 Å². The molecule has 6 atom stereocenters. The number of nitrogens with one attached hydrogen (secondary N) is 2. The zero-order chi connectivity index (χ0) is 34.1. The molecule has 0 radical (unpaired) electrons. The highest BCUT2D eigenvalue weighted by molar-refractivity contribution is 7.89. The lowest BCUT2D eigenvalue weighted by molar-refractivity contribution is 0.0703. The molecule has 2 fully saturated rings. The standard InChI is InChI=1S/C35H51N3O8S/c1-23(2)21-38(47(42,43)29-15-13-27(44-4)14-16-29)22-33(39)32(19-25-9-7-6-8-10-25)37-35(41)46-28-17-24(3)30(20-28)31(18-26-11-12-26)36-34(40)45-5/h6-10,13-16,23-24,26,28,30-33,39H,11-12,17-22H2,1-5H3,(H,36,40)(H,37,41)/t24-,28+,30+,31-,32+,33-/m1/s1. The number of benzene rings is 2. The van der Waals surface area contributed by atoms with E-state index in [1.54, 1.807) is 12.1 Å². The molecule has 11 nitrogen and oxygen atoms in total.